The summed E-state index contributed by atoms with van der Waals surface area (Å²) in [6, 6.07) is 12.9. The van der Waals surface area contributed by atoms with Crippen molar-refractivity contribution < 1.29 is 14.5 Å². The third-order valence-corrected chi connectivity index (χ3v) is 5.61. The number of nitro benzene ring substituents is 1. The number of hydrogen-bond donors (Lipinski definition) is 2. The second-order valence-corrected chi connectivity index (χ2v) is 8.39. The molecule has 2 aliphatic carbocycles. The van der Waals surface area contributed by atoms with Gasteiger partial charge in [0.15, 0.2) is 0 Å². The number of anilines is 1. The molecule has 0 unspecified atom stereocenters. The van der Waals surface area contributed by atoms with Crippen LogP contribution in [0.4, 0.5) is 11.4 Å². The highest BCUT2D eigenvalue weighted by atomic mass is 16.6. The van der Waals surface area contributed by atoms with Crippen molar-refractivity contribution in [2.75, 3.05) is 11.9 Å². The topological polar surface area (TPSA) is 105 Å². The van der Waals surface area contributed by atoms with E-state index in [1.54, 1.807) is 19.1 Å². The van der Waals surface area contributed by atoms with Crippen molar-refractivity contribution in [1.82, 2.24) is 10.2 Å². The minimum atomic E-state index is -0.448. The zero-order chi connectivity index (χ0) is 22.0. The molecule has 2 amide bonds. The Labute approximate surface area is 180 Å². The lowest BCUT2D eigenvalue weighted by Gasteiger charge is -2.21. The molecule has 2 saturated carbocycles. The van der Waals surface area contributed by atoms with Crippen LogP contribution in [0.3, 0.4) is 0 Å². The number of nitrogens with one attached hydrogen (secondary N) is 2. The highest BCUT2D eigenvalue weighted by molar-refractivity contribution is 5.94. The lowest BCUT2D eigenvalue weighted by atomic mass is 10.1. The number of amides is 2. The molecule has 0 radical (unpaired) electrons. The summed E-state index contributed by atoms with van der Waals surface area (Å²) in [5.41, 5.74) is 2.64. The Morgan fingerprint density at radius 1 is 1.10 bits per heavy atom. The largest absolute Gasteiger partial charge is 0.349 e. The summed E-state index contributed by atoms with van der Waals surface area (Å²) < 4.78 is 0. The number of benzene rings is 2. The molecular formula is C23H26N4O4. The zero-order valence-corrected chi connectivity index (χ0v) is 17.5. The van der Waals surface area contributed by atoms with Crippen LogP contribution in [0.5, 0.6) is 0 Å². The summed E-state index contributed by atoms with van der Waals surface area (Å²) in [6.45, 7) is 2.48. The third kappa shape index (κ3) is 5.67. The van der Waals surface area contributed by atoms with Gasteiger partial charge in [-0.1, -0.05) is 18.2 Å². The van der Waals surface area contributed by atoms with Crippen LogP contribution in [0.15, 0.2) is 42.5 Å². The van der Waals surface area contributed by atoms with E-state index in [2.05, 4.69) is 15.5 Å². The molecule has 0 heterocycles. The van der Waals surface area contributed by atoms with Gasteiger partial charge in [-0.3, -0.25) is 24.6 Å². The van der Waals surface area contributed by atoms with Gasteiger partial charge in [-0.15, -0.1) is 0 Å². The first-order chi connectivity index (χ1) is 14.9. The van der Waals surface area contributed by atoms with Gasteiger partial charge in [0.05, 0.1) is 11.5 Å². The first kappa shape index (κ1) is 21.0. The van der Waals surface area contributed by atoms with Crippen LogP contribution in [-0.4, -0.2) is 40.3 Å². The molecule has 2 fully saturated rings. The van der Waals surface area contributed by atoms with Gasteiger partial charge in [0.1, 0.15) is 0 Å². The average molecular weight is 422 g/mol. The Balaban J connectivity index is 1.36. The van der Waals surface area contributed by atoms with Crippen LogP contribution in [0, 0.1) is 17.0 Å². The molecule has 162 valence electrons. The van der Waals surface area contributed by atoms with Crippen LogP contribution in [0.2, 0.25) is 0 Å². The average Bonchev–Trinajstić information content (AvgIpc) is 3.64. The van der Waals surface area contributed by atoms with Gasteiger partial charge < -0.3 is 10.6 Å². The van der Waals surface area contributed by atoms with E-state index < -0.39 is 4.92 Å². The van der Waals surface area contributed by atoms with Gasteiger partial charge in [-0.05, 0) is 56.4 Å². The van der Waals surface area contributed by atoms with Gasteiger partial charge in [-0.25, -0.2) is 0 Å². The summed E-state index contributed by atoms with van der Waals surface area (Å²) in [7, 11) is 0. The first-order valence-corrected chi connectivity index (χ1v) is 10.6. The smallest absolute Gasteiger partial charge is 0.274 e. The van der Waals surface area contributed by atoms with Crippen molar-refractivity contribution in [3.05, 3.63) is 69.3 Å². The van der Waals surface area contributed by atoms with E-state index in [1.165, 1.54) is 6.07 Å². The molecule has 0 saturated heterocycles. The maximum Gasteiger partial charge on any atom is 0.274 e. The van der Waals surface area contributed by atoms with E-state index in [0.717, 1.165) is 31.2 Å². The van der Waals surface area contributed by atoms with Crippen LogP contribution < -0.4 is 10.6 Å². The second kappa shape index (κ2) is 8.85. The molecule has 2 aliphatic rings. The Hall–Kier alpha value is -3.26. The van der Waals surface area contributed by atoms with E-state index in [9.17, 15) is 19.7 Å². The highest BCUT2D eigenvalue weighted by Gasteiger charge is 2.30. The summed E-state index contributed by atoms with van der Waals surface area (Å²) >= 11 is 0. The van der Waals surface area contributed by atoms with Crippen molar-refractivity contribution >= 4 is 23.2 Å². The van der Waals surface area contributed by atoms with Gasteiger partial charge >= 0.3 is 0 Å². The SMILES string of the molecule is Cc1ccc(NC(=O)CN(Cc2ccc(C(=O)NC3CC3)cc2)C2CC2)cc1[N+](=O)[O-]. The maximum absolute atomic E-state index is 12.6. The Bertz CT molecular complexity index is 997. The molecule has 8 nitrogen and oxygen atoms in total. The quantitative estimate of drug-likeness (QED) is 0.476. The maximum atomic E-state index is 12.6. The minimum absolute atomic E-state index is 0.0114. The number of carbonyl (C=O) groups is 2. The minimum Gasteiger partial charge on any atom is -0.349 e. The summed E-state index contributed by atoms with van der Waals surface area (Å²) in [6.07, 6.45) is 4.20. The summed E-state index contributed by atoms with van der Waals surface area (Å²) in [5, 5.41) is 16.9. The fourth-order valence-electron chi connectivity index (χ4n) is 3.52. The Morgan fingerprint density at radius 3 is 2.42 bits per heavy atom. The predicted octanol–water partition coefficient (Wildman–Crippen LogP) is 3.40. The van der Waals surface area contributed by atoms with E-state index in [0.29, 0.717) is 35.4 Å². The molecule has 4 rings (SSSR count). The second-order valence-electron chi connectivity index (χ2n) is 8.39. The van der Waals surface area contributed by atoms with Crippen molar-refractivity contribution in [1.29, 1.82) is 0 Å². The summed E-state index contributed by atoms with van der Waals surface area (Å²) in [5.74, 6) is -0.245. The number of nitro groups is 1. The first-order valence-electron chi connectivity index (χ1n) is 10.6. The Morgan fingerprint density at radius 2 is 1.81 bits per heavy atom. The number of rotatable bonds is 9. The molecule has 2 aromatic rings. The molecule has 2 N–H and O–H groups in total. The van der Waals surface area contributed by atoms with E-state index in [4.69, 9.17) is 0 Å². The monoisotopic (exact) mass is 422 g/mol. The van der Waals surface area contributed by atoms with Crippen molar-refractivity contribution in [3.63, 3.8) is 0 Å². The highest BCUT2D eigenvalue weighted by Crippen LogP contribution is 2.29. The van der Waals surface area contributed by atoms with Crippen molar-refractivity contribution in [2.24, 2.45) is 0 Å². The summed E-state index contributed by atoms with van der Waals surface area (Å²) in [4.78, 5) is 37.5. The number of carbonyl (C=O) groups excluding carboxylic acids is 2. The molecule has 8 heteroatoms. The molecule has 0 bridgehead atoms. The van der Waals surface area contributed by atoms with E-state index in [1.807, 2.05) is 24.3 Å². The molecule has 0 atom stereocenters. The zero-order valence-electron chi connectivity index (χ0n) is 17.5. The van der Waals surface area contributed by atoms with Gasteiger partial charge in [0.25, 0.3) is 11.6 Å². The standard InChI is InChI=1S/C23H26N4O4/c1-15-2-7-19(12-21(15)27(30)31)24-22(28)14-26(20-10-11-20)13-16-3-5-17(6-4-16)23(29)25-18-8-9-18/h2-7,12,18,20H,8-11,13-14H2,1H3,(H,24,28)(H,25,29). The van der Waals surface area contributed by atoms with Gasteiger partial charge in [0.2, 0.25) is 5.91 Å². The van der Waals surface area contributed by atoms with Crippen LogP contribution >= 0.6 is 0 Å². The van der Waals surface area contributed by atoms with E-state index >= 15 is 0 Å². The van der Waals surface area contributed by atoms with Crippen LogP contribution in [0.1, 0.15) is 47.2 Å². The lowest BCUT2D eigenvalue weighted by molar-refractivity contribution is -0.385. The molecule has 0 spiro atoms. The third-order valence-electron chi connectivity index (χ3n) is 5.61. The molecular weight excluding hydrogens is 396 g/mol. The number of aryl methyl sites for hydroxylation is 1. The Kier molecular flexibility index (Phi) is 5.99. The predicted molar refractivity (Wildman–Crippen MR) is 117 cm³/mol. The van der Waals surface area contributed by atoms with Crippen LogP contribution in [-0.2, 0) is 11.3 Å². The number of hydrogen-bond acceptors (Lipinski definition) is 5. The van der Waals surface area contributed by atoms with Gasteiger partial charge in [-0.2, -0.15) is 0 Å². The van der Waals surface area contributed by atoms with E-state index in [-0.39, 0.29) is 24.0 Å². The van der Waals surface area contributed by atoms with Crippen LogP contribution in [0.25, 0.3) is 0 Å². The van der Waals surface area contributed by atoms with Crippen molar-refractivity contribution in [3.8, 4) is 0 Å². The normalized spacial score (nSPS) is 15.5. The number of nitrogens with zero attached hydrogens (tertiary/aromatic N) is 2. The fraction of sp³-hybridized carbons (Fsp3) is 0.391. The molecule has 0 aromatic heterocycles. The lowest BCUT2D eigenvalue weighted by Crippen LogP contribution is -2.34. The van der Waals surface area contributed by atoms with Crippen molar-refractivity contribution in [2.45, 2.75) is 51.2 Å². The molecule has 0 aliphatic heterocycles. The molecule has 2 aromatic carbocycles. The van der Waals surface area contributed by atoms with Gasteiger partial charge in [0, 0.05) is 41.5 Å². The molecule has 31 heavy (non-hydrogen) atoms. The fourth-order valence-corrected chi connectivity index (χ4v) is 3.52.